The molecule has 0 saturated carbocycles. The Labute approximate surface area is 147 Å². The molecule has 0 bridgehead atoms. The number of hydrogen-bond acceptors (Lipinski definition) is 7. The van der Waals surface area contributed by atoms with Gasteiger partial charge in [-0.1, -0.05) is 5.21 Å². The van der Waals surface area contributed by atoms with E-state index in [4.69, 9.17) is 0 Å². The van der Waals surface area contributed by atoms with E-state index in [0.717, 1.165) is 4.57 Å². The van der Waals surface area contributed by atoms with Gasteiger partial charge in [-0.2, -0.15) is 0 Å². The molecule has 0 aliphatic carbocycles. The van der Waals surface area contributed by atoms with Crippen LogP contribution in [0, 0.1) is 6.92 Å². The summed E-state index contributed by atoms with van der Waals surface area (Å²) in [5, 5.41) is 26.5. The van der Waals surface area contributed by atoms with Crippen LogP contribution in [0.3, 0.4) is 0 Å². The molecule has 3 heterocycles. The van der Waals surface area contributed by atoms with Crippen LogP contribution in [0.4, 0.5) is 0 Å². The summed E-state index contributed by atoms with van der Waals surface area (Å²) >= 11 is 1.34. The molecule has 3 atom stereocenters. The van der Waals surface area contributed by atoms with Crippen molar-refractivity contribution in [3.63, 3.8) is 0 Å². The first-order valence-corrected chi connectivity index (χ1v) is 9.04. The van der Waals surface area contributed by atoms with Crippen LogP contribution in [0.1, 0.15) is 30.0 Å². The van der Waals surface area contributed by atoms with Crippen molar-refractivity contribution >= 4 is 11.8 Å². The van der Waals surface area contributed by atoms with E-state index in [0.29, 0.717) is 24.2 Å². The van der Waals surface area contributed by atoms with Gasteiger partial charge in [0.1, 0.15) is 5.69 Å². The molecule has 10 heteroatoms. The zero-order valence-corrected chi connectivity index (χ0v) is 14.9. The molecule has 0 aromatic carbocycles. The van der Waals surface area contributed by atoms with Gasteiger partial charge in [0, 0.05) is 24.7 Å². The molecule has 1 saturated heterocycles. The maximum absolute atomic E-state index is 12.8. The molecule has 1 aliphatic rings. The second-order valence-electron chi connectivity index (χ2n) is 6.07. The Morgan fingerprint density at radius 3 is 2.72 bits per heavy atom. The van der Waals surface area contributed by atoms with E-state index < -0.39 is 11.8 Å². The molecule has 1 aliphatic heterocycles. The summed E-state index contributed by atoms with van der Waals surface area (Å²) in [5.74, 6) is 0. The van der Waals surface area contributed by atoms with Gasteiger partial charge < -0.3 is 10.2 Å². The van der Waals surface area contributed by atoms with Gasteiger partial charge in [-0.15, -0.1) is 16.9 Å². The summed E-state index contributed by atoms with van der Waals surface area (Å²) in [6, 6.07) is 0. The monoisotopic (exact) mass is 367 g/mol. The average Bonchev–Trinajstić information content (AvgIpc) is 3.20. The first-order chi connectivity index (χ1) is 11.9. The molecule has 2 aromatic heterocycles. The average molecular weight is 367 g/mol. The van der Waals surface area contributed by atoms with E-state index in [1.807, 2.05) is 6.92 Å². The number of nitrogens with zero attached hydrogens (tertiary/aromatic N) is 5. The predicted molar refractivity (Wildman–Crippen MR) is 92.6 cm³/mol. The summed E-state index contributed by atoms with van der Waals surface area (Å²) < 4.78 is 4.23. The van der Waals surface area contributed by atoms with Gasteiger partial charge >= 0.3 is 5.69 Å². The van der Waals surface area contributed by atoms with Crippen molar-refractivity contribution in [2.24, 2.45) is 0 Å². The molecule has 9 nitrogen and oxygen atoms in total. The summed E-state index contributed by atoms with van der Waals surface area (Å²) in [6.45, 7) is 4.11. The van der Waals surface area contributed by atoms with Crippen LogP contribution in [0.2, 0.25) is 0 Å². The van der Waals surface area contributed by atoms with Crippen molar-refractivity contribution < 1.29 is 10.2 Å². The number of rotatable bonds is 5. The molecular weight excluding hydrogens is 346 g/mol. The first kappa shape index (κ1) is 17.9. The van der Waals surface area contributed by atoms with Gasteiger partial charge in [-0.25, -0.2) is 4.79 Å². The lowest BCUT2D eigenvalue weighted by molar-refractivity contribution is 0.137. The van der Waals surface area contributed by atoms with Crippen LogP contribution in [0.15, 0.2) is 22.0 Å². The van der Waals surface area contributed by atoms with E-state index >= 15 is 0 Å². The third kappa shape index (κ3) is 3.42. The summed E-state index contributed by atoms with van der Waals surface area (Å²) in [7, 11) is 0. The molecule has 0 spiro atoms. The zero-order chi connectivity index (χ0) is 18.1. The third-order valence-electron chi connectivity index (χ3n) is 4.29. The highest BCUT2D eigenvalue weighted by molar-refractivity contribution is 8.00. The Balaban J connectivity index is 1.98. The molecular formula is C15H21N5O4S. The van der Waals surface area contributed by atoms with E-state index in [2.05, 4.69) is 10.3 Å². The SMILES string of the molecule is CCn1cc(Cn2c(=O)c(C)cn(C3CC(O)[C@@H](CO)S3)c2=O)nn1. The van der Waals surface area contributed by atoms with Crippen molar-refractivity contribution in [1.82, 2.24) is 24.1 Å². The summed E-state index contributed by atoms with van der Waals surface area (Å²) in [4.78, 5) is 25.2. The Hall–Kier alpha value is -1.91. The highest BCUT2D eigenvalue weighted by Crippen LogP contribution is 2.40. The highest BCUT2D eigenvalue weighted by atomic mass is 32.2. The Morgan fingerprint density at radius 2 is 2.12 bits per heavy atom. The van der Waals surface area contributed by atoms with Crippen molar-refractivity contribution in [3.8, 4) is 0 Å². The fourth-order valence-electron chi connectivity index (χ4n) is 2.88. The van der Waals surface area contributed by atoms with Crippen molar-refractivity contribution in [2.75, 3.05) is 6.61 Å². The quantitative estimate of drug-likeness (QED) is 0.720. The molecule has 3 rings (SSSR count). The highest BCUT2D eigenvalue weighted by Gasteiger charge is 2.35. The van der Waals surface area contributed by atoms with Crippen LogP contribution in [0.5, 0.6) is 0 Å². The lowest BCUT2D eigenvalue weighted by Crippen LogP contribution is -2.41. The topological polar surface area (TPSA) is 115 Å². The van der Waals surface area contributed by atoms with Crippen LogP contribution in [0.25, 0.3) is 0 Å². The molecule has 2 N–H and O–H groups in total. The Morgan fingerprint density at radius 1 is 1.36 bits per heavy atom. The molecule has 2 unspecified atom stereocenters. The molecule has 1 fully saturated rings. The van der Waals surface area contributed by atoms with Crippen LogP contribution in [-0.4, -0.2) is 52.3 Å². The lowest BCUT2D eigenvalue weighted by atomic mass is 10.2. The number of thioether (sulfide) groups is 1. The molecule has 2 aromatic rings. The van der Waals surface area contributed by atoms with E-state index in [9.17, 15) is 19.8 Å². The minimum absolute atomic E-state index is 0.0444. The van der Waals surface area contributed by atoms with Crippen LogP contribution < -0.4 is 11.2 Å². The minimum Gasteiger partial charge on any atom is -0.395 e. The van der Waals surface area contributed by atoms with Gasteiger partial charge in [0.25, 0.3) is 5.56 Å². The number of aryl methyl sites for hydroxylation is 2. The van der Waals surface area contributed by atoms with Crippen LogP contribution in [-0.2, 0) is 13.1 Å². The smallest absolute Gasteiger partial charge is 0.332 e. The zero-order valence-electron chi connectivity index (χ0n) is 14.1. The predicted octanol–water partition coefficient (Wildman–Crippen LogP) is -0.665. The first-order valence-electron chi connectivity index (χ1n) is 8.10. The fourth-order valence-corrected chi connectivity index (χ4v) is 4.25. The Bertz CT molecular complexity index is 874. The van der Waals surface area contributed by atoms with E-state index in [-0.39, 0.29) is 29.3 Å². The lowest BCUT2D eigenvalue weighted by Gasteiger charge is -2.16. The second kappa shape index (κ2) is 7.14. The number of aliphatic hydroxyl groups is 2. The maximum Gasteiger partial charge on any atom is 0.332 e. The van der Waals surface area contributed by atoms with Crippen molar-refractivity contribution in [1.29, 1.82) is 0 Å². The third-order valence-corrected chi connectivity index (χ3v) is 5.84. The van der Waals surface area contributed by atoms with Gasteiger partial charge in [0.2, 0.25) is 0 Å². The van der Waals surface area contributed by atoms with Gasteiger partial charge in [0.05, 0.1) is 36.1 Å². The summed E-state index contributed by atoms with van der Waals surface area (Å²) in [6.07, 6.45) is 2.89. The molecule has 25 heavy (non-hydrogen) atoms. The molecule has 0 radical (unpaired) electrons. The number of aliphatic hydroxyl groups excluding tert-OH is 2. The fraction of sp³-hybridized carbons (Fsp3) is 0.600. The molecule has 0 amide bonds. The van der Waals surface area contributed by atoms with Gasteiger partial charge in [-0.3, -0.25) is 18.6 Å². The summed E-state index contributed by atoms with van der Waals surface area (Å²) in [5.41, 5.74) is 0.148. The maximum atomic E-state index is 12.8. The van der Waals surface area contributed by atoms with Gasteiger partial charge in [0.15, 0.2) is 0 Å². The van der Waals surface area contributed by atoms with E-state index in [1.54, 1.807) is 17.8 Å². The van der Waals surface area contributed by atoms with Gasteiger partial charge in [-0.05, 0) is 13.8 Å². The van der Waals surface area contributed by atoms with Crippen molar-refractivity contribution in [2.45, 2.75) is 50.1 Å². The minimum atomic E-state index is -0.683. The molecule has 136 valence electrons. The largest absolute Gasteiger partial charge is 0.395 e. The number of hydrogen-bond donors (Lipinski definition) is 2. The normalized spacial score (nSPS) is 23.3. The van der Waals surface area contributed by atoms with E-state index in [1.165, 1.54) is 22.5 Å². The number of aromatic nitrogens is 5. The standard InChI is InChI=1S/C15H21N5O4S/c1-3-18-6-10(16-17-18)7-20-14(23)9(2)5-19(15(20)24)13-4-11(22)12(8-21)25-13/h5-6,11-13,21-22H,3-4,7-8H2,1-2H3/t11?,12-,13?/m1/s1. The Kier molecular flexibility index (Phi) is 5.11. The second-order valence-corrected chi connectivity index (χ2v) is 7.50. The van der Waals surface area contributed by atoms with Crippen LogP contribution >= 0.6 is 11.8 Å². The van der Waals surface area contributed by atoms with Crippen molar-refractivity contribution in [3.05, 3.63) is 44.5 Å².